The highest BCUT2D eigenvalue weighted by atomic mass is 35.5. The van der Waals surface area contributed by atoms with Crippen molar-refractivity contribution in [3.8, 4) is 0 Å². The van der Waals surface area contributed by atoms with Crippen LogP contribution in [-0.4, -0.2) is 17.4 Å². The Balaban J connectivity index is 2.83. The third-order valence-corrected chi connectivity index (χ3v) is 1.94. The van der Waals surface area contributed by atoms with Gasteiger partial charge in [0.1, 0.15) is 5.15 Å². The first-order valence-corrected chi connectivity index (χ1v) is 4.72. The lowest BCUT2D eigenvalue weighted by molar-refractivity contribution is 0.0953. The molecule has 14 heavy (non-hydrogen) atoms. The summed E-state index contributed by atoms with van der Waals surface area (Å²) in [4.78, 5) is 15.3. The normalized spacial score (nSPS) is 9.86. The van der Waals surface area contributed by atoms with Gasteiger partial charge < -0.3 is 11.1 Å². The molecule has 1 aromatic rings. The standard InChI is InChI=1S/C9H12ClN3O/c1-2-3-12-9(14)7-4-6(11)5-13-8(7)10/h4-5H,2-3,11H2,1H3,(H,12,14). The minimum atomic E-state index is -0.239. The van der Waals surface area contributed by atoms with Gasteiger partial charge in [0.05, 0.1) is 17.4 Å². The van der Waals surface area contributed by atoms with Crippen LogP contribution in [0.2, 0.25) is 5.15 Å². The van der Waals surface area contributed by atoms with E-state index in [1.807, 2.05) is 6.92 Å². The van der Waals surface area contributed by atoms with Crippen molar-refractivity contribution in [3.05, 3.63) is 23.0 Å². The summed E-state index contributed by atoms with van der Waals surface area (Å²) in [7, 11) is 0. The minimum absolute atomic E-state index is 0.174. The average Bonchev–Trinajstić information content (AvgIpc) is 2.18. The molecule has 0 bridgehead atoms. The topological polar surface area (TPSA) is 68.0 Å². The van der Waals surface area contributed by atoms with E-state index in [2.05, 4.69) is 10.3 Å². The van der Waals surface area contributed by atoms with Crippen molar-refractivity contribution in [2.45, 2.75) is 13.3 Å². The van der Waals surface area contributed by atoms with E-state index in [0.717, 1.165) is 6.42 Å². The fourth-order valence-corrected chi connectivity index (χ4v) is 1.15. The van der Waals surface area contributed by atoms with Gasteiger partial charge >= 0.3 is 0 Å². The molecular formula is C9H12ClN3O. The summed E-state index contributed by atoms with van der Waals surface area (Å²) >= 11 is 5.74. The molecule has 5 heteroatoms. The zero-order valence-corrected chi connectivity index (χ0v) is 8.64. The number of anilines is 1. The number of nitrogens with one attached hydrogen (secondary N) is 1. The number of amides is 1. The molecule has 0 fully saturated rings. The molecule has 0 spiro atoms. The lowest BCUT2D eigenvalue weighted by Crippen LogP contribution is -2.24. The number of pyridine rings is 1. The van der Waals surface area contributed by atoms with Crippen LogP contribution < -0.4 is 11.1 Å². The van der Waals surface area contributed by atoms with Gasteiger partial charge in [-0.15, -0.1) is 0 Å². The number of nitrogens with zero attached hydrogens (tertiary/aromatic N) is 1. The van der Waals surface area contributed by atoms with Gasteiger partial charge in [-0.1, -0.05) is 18.5 Å². The maximum atomic E-state index is 11.5. The smallest absolute Gasteiger partial charge is 0.254 e. The number of hydrogen-bond acceptors (Lipinski definition) is 3. The van der Waals surface area contributed by atoms with Gasteiger partial charge in [0, 0.05) is 6.54 Å². The highest BCUT2D eigenvalue weighted by molar-refractivity contribution is 6.32. The van der Waals surface area contributed by atoms with E-state index in [4.69, 9.17) is 17.3 Å². The third-order valence-electron chi connectivity index (χ3n) is 1.64. The first kappa shape index (κ1) is 10.8. The van der Waals surface area contributed by atoms with Crippen molar-refractivity contribution < 1.29 is 4.79 Å². The maximum absolute atomic E-state index is 11.5. The van der Waals surface area contributed by atoms with Gasteiger partial charge in [0.25, 0.3) is 5.91 Å². The molecule has 0 radical (unpaired) electrons. The van der Waals surface area contributed by atoms with E-state index in [-0.39, 0.29) is 11.1 Å². The SMILES string of the molecule is CCCNC(=O)c1cc(N)cnc1Cl. The zero-order chi connectivity index (χ0) is 10.6. The van der Waals surface area contributed by atoms with Crippen LogP contribution in [0.15, 0.2) is 12.3 Å². The van der Waals surface area contributed by atoms with Crippen molar-refractivity contribution in [3.63, 3.8) is 0 Å². The minimum Gasteiger partial charge on any atom is -0.397 e. The molecule has 1 rings (SSSR count). The monoisotopic (exact) mass is 213 g/mol. The summed E-state index contributed by atoms with van der Waals surface area (Å²) in [6.45, 7) is 2.59. The Kier molecular flexibility index (Phi) is 3.71. The number of nitrogen functional groups attached to an aromatic ring is 1. The lowest BCUT2D eigenvalue weighted by atomic mass is 10.2. The molecule has 0 atom stereocenters. The number of carbonyl (C=O) groups excluding carboxylic acids is 1. The Labute approximate surface area is 87.5 Å². The molecule has 4 nitrogen and oxygen atoms in total. The first-order valence-electron chi connectivity index (χ1n) is 4.34. The van der Waals surface area contributed by atoms with E-state index in [0.29, 0.717) is 17.8 Å². The summed E-state index contributed by atoms with van der Waals surface area (Å²) in [5.41, 5.74) is 6.24. The number of rotatable bonds is 3. The van der Waals surface area contributed by atoms with Crippen molar-refractivity contribution >= 4 is 23.2 Å². The molecule has 1 amide bonds. The molecule has 1 aromatic heterocycles. The number of aromatic nitrogens is 1. The molecule has 76 valence electrons. The number of hydrogen-bond donors (Lipinski definition) is 2. The second kappa shape index (κ2) is 4.81. The van der Waals surface area contributed by atoms with E-state index in [9.17, 15) is 4.79 Å². The van der Waals surface area contributed by atoms with Crippen LogP contribution in [-0.2, 0) is 0 Å². The van der Waals surface area contributed by atoms with Crippen molar-refractivity contribution in [1.29, 1.82) is 0 Å². The van der Waals surface area contributed by atoms with Gasteiger partial charge in [-0.05, 0) is 12.5 Å². The second-order valence-electron chi connectivity index (χ2n) is 2.86. The Morgan fingerprint density at radius 1 is 1.71 bits per heavy atom. The predicted octanol–water partition coefficient (Wildman–Crippen LogP) is 1.46. The molecular weight excluding hydrogens is 202 g/mol. The van der Waals surface area contributed by atoms with Gasteiger partial charge in [0.15, 0.2) is 0 Å². The summed E-state index contributed by atoms with van der Waals surface area (Å²) in [5.74, 6) is -0.239. The third kappa shape index (κ3) is 2.60. The molecule has 0 aromatic carbocycles. The van der Waals surface area contributed by atoms with Crippen molar-refractivity contribution in [2.75, 3.05) is 12.3 Å². The summed E-state index contributed by atoms with van der Waals surface area (Å²) < 4.78 is 0. The summed E-state index contributed by atoms with van der Waals surface area (Å²) in [6, 6.07) is 1.51. The van der Waals surface area contributed by atoms with Crippen molar-refractivity contribution in [1.82, 2.24) is 10.3 Å². The Morgan fingerprint density at radius 2 is 2.43 bits per heavy atom. The zero-order valence-electron chi connectivity index (χ0n) is 7.88. The van der Waals surface area contributed by atoms with E-state index < -0.39 is 0 Å². The summed E-state index contributed by atoms with van der Waals surface area (Å²) in [6.07, 6.45) is 2.29. The lowest BCUT2D eigenvalue weighted by Gasteiger charge is -2.05. The molecule has 0 unspecified atom stereocenters. The number of nitrogens with two attached hydrogens (primary N) is 1. The highest BCUT2D eigenvalue weighted by Crippen LogP contribution is 2.15. The molecule has 3 N–H and O–H groups in total. The van der Waals surface area contributed by atoms with Crippen LogP contribution in [0, 0.1) is 0 Å². The van der Waals surface area contributed by atoms with E-state index in [1.54, 1.807) is 0 Å². The first-order chi connectivity index (χ1) is 6.65. The van der Waals surface area contributed by atoms with Crippen LogP contribution >= 0.6 is 11.6 Å². The quantitative estimate of drug-likeness (QED) is 0.747. The molecule has 0 aliphatic carbocycles. The Morgan fingerprint density at radius 3 is 3.07 bits per heavy atom. The van der Waals surface area contributed by atoms with Crippen LogP contribution in [0.3, 0.4) is 0 Å². The van der Waals surface area contributed by atoms with Gasteiger partial charge in [0.2, 0.25) is 0 Å². The average molecular weight is 214 g/mol. The summed E-state index contributed by atoms with van der Waals surface area (Å²) in [5, 5.41) is 2.87. The van der Waals surface area contributed by atoms with Gasteiger partial charge in [-0.3, -0.25) is 4.79 Å². The second-order valence-corrected chi connectivity index (χ2v) is 3.22. The number of carbonyl (C=O) groups is 1. The number of halogens is 1. The molecule has 1 heterocycles. The van der Waals surface area contributed by atoms with Crippen molar-refractivity contribution in [2.24, 2.45) is 0 Å². The largest absolute Gasteiger partial charge is 0.397 e. The Bertz CT molecular complexity index is 341. The predicted molar refractivity (Wildman–Crippen MR) is 56.3 cm³/mol. The van der Waals surface area contributed by atoms with Crippen LogP contribution in [0.5, 0.6) is 0 Å². The molecule has 0 saturated heterocycles. The van der Waals surface area contributed by atoms with Gasteiger partial charge in [-0.25, -0.2) is 4.98 Å². The molecule has 0 aliphatic heterocycles. The maximum Gasteiger partial charge on any atom is 0.254 e. The fourth-order valence-electron chi connectivity index (χ4n) is 0.957. The van der Waals surface area contributed by atoms with Crippen LogP contribution in [0.25, 0.3) is 0 Å². The van der Waals surface area contributed by atoms with Gasteiger partial charge in [-0.2, -0.15) is 0 Å². The molecule has 0 saturated carbocycles. The van der Waals surface area contributed by atoms with Crippen LogP contribution in [0.1, 0.15) is 23.7 Å². The van der Waals surface area contributed by atoms with E-state index >= 15 is 0 Å². The van der Waals surface area contributed by atoms with E-state index in [1.165, 1.54) is 12.3 Å². The fraction of sp³-hybridized carbons (Fsp3) is 0.333. The highest BCUT2D eigenvalue weighted by Gasteiger charge is 2.10. The molecule has 0 aliphatic rings. The van der Waals surface area contributed by atoms with Crippen LogP contribution in [0.4, 0.5) is 5.69 Å². The Hall–Kier alpha value is -1.29.